The maximum Gasteiger partial charge on any atom is -0.000707 e. The second kappa shape index (κ2) is 7.32. The van der Waals surface area contributed by atoms with E-state index in [9.17, 15) is 0 Å². The van der Waals surface area contributed by atoms with Gasteiger partial charge in [-0.1, -0.05) is 44.2 Å². The Balaban J connectivity index is 0.00000144. The molecule has 0 saturated carbocycles. The minimum Gasteiger partial charge on any atom is -0.281 e. The Labute approximate surface area is 88.8 Å². The molecule has 1 unspecified atom stereocenters. The Morgan fingerprint density at radius 1 is 1.08 bits per heavy atom. The molecule has 1 rings (SSSR count). The monoisotopic (exact) mass is 217 g/mol. The molecule has 0 aliphatic heterocycles. The zero-order valence-electron chi connectivity index (χ0n) is 8.16. The van der Waals surface area contributed by atoms with Crippen molar-refractivity contribution in [1.29, 1.82) is 0 Å². The van der Waals surface area contributed by atoms with Gasteiger partial charge in [-0.25, -0.2) is 0 Å². The summed E-state index contributed by atoms with van der Waals surface area (Å²) in [6, 6.07) is 10.7. The summed E-state index contributed by atoms with van der Waals surface area (Å²) < 4.78 is 2.44. The molecule has 1 nitrogen and oxygen atoms in total. The Morgan fingerprint density at radius 3 is 2.08 bits per heavy atom. The van der Waals surface area contributed by atoms with Crippen LogP contribution in [0, 0.1) is 0 Å². The van der Waals surface area contributed by atoms with Gasteiger partial charge >= 0.3 is 0 Å². The average molecular weight is 218 g/mol. The van der Waals surface area contributed by atoms with Crippen molar-refractivity contribution in [3.63, 3.8) is 0 Å². The smallest absolute Gasteiger partial charge is 0.000707 e. The maximum atomic E-state index is 2.44. The molecule has 0 amide bonds. The van der Waals surface area contributed by atoms with Crippen LogP contribution in [-0.2, 0) is 0 Å². The molecule has 74 valence electrons. The number of halogens is 1. The lowest BCUT2D eigenvalue weighted by molar-refractivity contribution is 0.519. The molecule has 13 heavy (non-hydrogen) atoms. The number of nitrogens with zero attached hydrogens (tertiary/aromatic N) is 1. The van der Waals surface area contributed by atoms with Crippen LogP contribution in [-0.4, -0.2) is 17.8 Å². The molecule has 3 heteroatoms. The fraction of sp³-hybridized carbons (Fsp3) is 0.400. The summed E-state index contributed by atoms with van der Waals surface area (Å²) in [7, 11) is 0.829. The maximum absolute atomic E-state index is 2.44. The first-order chi connectivity index (χ1) is 5.86. The minimum atomic E-state index is 0. The van der Waals surface area contributed by atoms with E-state index in [-0.39, 0.29) is 12.4 Å². The Morgan fingerprint density at radius 2 is 1.62 bits per heavy atom. The minimum absolute atomic E-state index is 0. The van der Waals surface area contributed by atoms with E-state index in [0.29, 0.717) is 0 Å². The van der Waals surface area contributed by atoms with Gasteiger partial charge < -0.3 is 0 Å². The largest absolute Gasteiger partial charge is 0.281 e. The molecule has 0 aliphatic rings. The van der Waals surface area contributed by atoms with Crippen molar-refractivity contribution in [2.75, 3.05) is 13.1 Å². The van der Waals surface area contributed by atoms with Crippen molar-refractivity contribution in [3.05, 3.63) is 30.3 Å². The summed E-state index contributed by atoms with van der Waals surface area (Å²) >= 11 is 0. The van der Waals surface area contributed by atoms with Crippen LogP contribution in [0.3, 0.4) is 0 Å². The number of benzene rings is 1. The van der Waals surface area contributed by atoms with Crippen LogP contribution in [0.4, 0.5) is 0 Å². The van der Waals surface area contributed by atoms with E-state index in [1.807, 2.05) is 0 Å². The quantitative estimate of drug-likeness (QED) is 0.701. The lowest BCUT2D eigenvalue weighted by atomic mass is 10.4. The topological polar surface area (TPSA) is 3.24 Å². The second-order valence-corrected chi connectivity index (χ2v) is 4.08. The van der Waals surface area contributed by atoms with Crippen LogP contribution < -0.4 is 5.30 Å². The zero-order valence-corrected chi connectivity index (χ0v) is 9.97. The van der Waals surface area contributed by atoms with Crippen molar-refractivity contribution in [3.8, 4) is 0 Å². The lowest BCUT2D eigenvalue weighted by Gasteiger charge is -2.17. The zero-order chi connectivity index (χ0) is 8.81. The van der Waals surface area contributed by atoms with Crippen LogP contribution in [0.2, 0.25) is 0 Å². The van der Waals surface area contributed by atoms with E-state index >= 15 is 0 Å². The van der Waals surface area contributed by atoms with E-state index < -0.39 is 0 Å². The van der Waals surface area contributed by atoms with Gasteiger partial charge in [0.1, 0.15) is 0 Å². The molecule has 1 atom stereocenters. The predicted molar refractivity (Wildman–Crippen MR) is 64.6 cm³/mol. The molecule has 0 bridgehead atoms. The lowest BCUT2D eigenvalue weighted by Crippen LogP contribution is -2.15. The Kier molecular flexibility index (Phi) is 7.26. The fourth-order valence-corrected chi connectivity index (χ4v) is 2.10. The van der Waals surface area contributed by atoms with Crippen molar-refractivity contribution >= 4 is 26.4 Å². The molecule has 1 aromatic rings. The first kappa shape index (κ1) is 12.9. The van der Waals surface area contributed by atoms with E-state index in [1.165, 1.54) is 5.30 Å². The van der Waals surface area contributed by atoms with Gasteiger partial charge in [0, 0.05) is 0 Å². The van der Waals surface area contributed by atoms with Gasteiger partial charge in [0.25, 0.3) is 0 Å². The first-order valence-electron chi connectivity index (χ1n) is 4.43. The van der Waals surface area contributed by atoms with Crippen molar-refractivity contribution in [2.24, 2.45) is 0 Å². The van der Waals surface area contributed by atoms with E-state index in [0.717, 1.165) is 21.8 Å². The molecule has 0 heterocycles. The first-order valence-corrected chi connectivity index (χ1v) is 5.38. The summed E-state index contributed by atoms with van der Waals surface area (Å²) in [6.07, 6.45) is 0. The molecular formula is C10H17ClNP. The second-order valence-electron chi connectivity index (χ2n) is 2.65. The molecule has 0 radical (unpaired) electrons. The van der Waals surface area contributed by atoms with Gasteiger partial charge in [0.15, 0.2) is 0 Å². The van der Waals surface area contributed by atoms with Crippen molar-refractivity contribution < 1.29 is 0 Å². The highest BCUT2D eigenvalue weighted by Crippen LogP contribution is 2.15. The molecule has 0 spiro atoms. The third-order valence-corrected chi connectivity index (χ3v) is 3.36. The predicted octanol–water partition coefficient (Wildman–Crippen LogP) is 2.67. The molecular weight excluding hydrogens is 201 g/mol. The highest BCUT2D eigenvalue weighted by atomic mass is 35.5. The van der Waals surface area contributed by atoms with E-state index in [4.69, 9.17) is 0 Å². The summed E-state index contributed by atoms with van der Waals surface area (Å²) in [6.45, 7) is 6.70. The van der Waals surface area contributed by atoms with E-state index in [1.54, 1.807) is 0 Å². The van der Waals surface area contributed by atoms with Crippen LogP contribution in [0.1, 0.15) is 13.8 Å². The number of hydrogen-bond acceptors (Lipinski definition) is 1. The van der Waals surface area contributed by atoms with Gasteiger partial charge in [0.2, 0.25) is 0 Å². The van der Waals surface area contributed by atoms with E-state index in [2.05, 4.69) is 48.8 Å². The van der Waals surface area contributed by atoms with Gasteiger partial charge in [-0.15, -0.1) is 12.4 Å². The van der Waals surface area contributed by atoms with Crippen LogP contribution in [0.15, 0.2) is 30.3 Å². The van der Waals surface area contributed by atoms with Crippen molar-refractivity contribution in [2.45, 2.75) is 13.8 Å². The Hall–Kier alpha value is -0.100. The molecule has 0 fully saturated rings. The third-order valence-electron chi connectivity index (χ3n) is 1.82. The summed E-state index contributed by atoms with van der Waals surface area (Å²) in [4.78, 5) is 0. The van der Waals surface area contributed by atoms with Crippen molar-refractivity contribution in [1.82, 2.24) is 4.67 Å². The van der Waals surface area contributed by atoms with Gasteiger partial charge in [-0.3, -0.25) is 4.67 Å². The average Bonchev–Trinajstić information content (AvgIpc) is 2.16. The normalized spacial score (nSPS) is 10.7. The van der Waals surface area contributed by atoms with Crippen LogP contribution in [0.5, 0.6) is 0 Å². The van der Waals surface area contributed by atoms with Gasteiger partial charge in [-0.2, -0.15) is 0 Å². The highest BCUT2D eigenvalue weighted by Gasteiger charge is 1.98. The standard InChI is InChI=1S/C10H16NP.ClH/c1-3-11(4-2)12-10-8-6-5-7-9-10;/h5-9,12H,3-4H2,1-2H3;1H. The SMILES string of the molecule is CCN(CC)Pc1ccccc1.Cl. The fourth-order valence-electron chi connectivity index (χ4n) is 1.08. The third kappa shape index (κ3) is 4.61. The molecule has 0 saturated heterocycles. The van der Waals surface area contributed by atoms with Crippen LogP contribution >= 0.6 is 21.1 Å². The van der Waals surface area contributed by atoms with Gasteiger partial charge in [0.05, 0.1) is 0 Å². The molecule has 1 aromatic carbocycles. The summed E-state index contributed by atoms with van der Waals surface area (Å²) in [5, 5.41) is 1.43. The van der Waals surface area contributed by atoms with Crippen LogP contribution in [0.25, 0.3) is 0 Å². The van der Waals surface area contributed by atoms with Gasteiger partial charge in [-0.05, 0) is 27.1 Å². The summed E-state index contributed by atoms with van der Waals surface area (Å²) in [5.41, 5.74) is 0. The molecule has 0 aliphatic carbocycles. The molecule has 0 aromatic heterocycles. The Bertz CT molecular complexity index is 211. The number of rotatable bonds is 4. The molecule has 0 N–H and O–H groups in total. The summed E-state index contributed by atoms with van der Waals surface area (Å²) in [5.74, 6) is 0. The number of hydrogen-bond donors (Lipinski definition) is 0. The highest BCUT2D eigenvalue weighted by molar-refractivity contribution is 7.44.